The SMILES string of the molecule is [Zr][c]1cc2ccccc2[nH]1. The van der Waals surface area contributed by atoms with Crippen LogP contribution in [0.2, 0.25) is 0 Å². The van der Waals surface area contributed by atoms with Crippen LogP contribution in [0, 0.1) is 0 Å². The molecule has 1 N–H and O–H groups in total. The van der Waals surface area contributed by atoms with Crippen LogP contribution in [0.3, 0.4) is 0 Å². The van der Waals surface area contributed by atoms with Gasteiger partial charge in [-0.15, -0.1) is 0 Å². The molecular weight excluding hydrogens is 201 g/mol. The van der Waals surface area contributed by atoms with Crippen LogP contribution in [0.15, 0.2) is 30.3 Å². The Morgan fingerprint density at radius 2 is 2.00 bits per heavy atom. The summed E-state index contributed by atoms with van der Waals surface area (Å²) in [5, 5.41) is 1.31. The van der Waals surface area contributed by atoms with Crippen LogP contribution in [-0.4, -0.2) is 4.98 Å². The predicted octanol–water partition coefficient (Wildman–Crippen LogP) is 1.34. The number of hydrogen-bond donors (Lipinski definition) is 1. The third kappa shape index (κ3) is 0.970. The van der Waals surface area contributed by atoms with Crippen molar-refractivity contribution in [1.82, 2.24) is 4.98 Å². The molecule has 2 rings (SSSR count). The van der Waals surface area contributed by atoms with Gasteiger partial charge in [0.2, 0.25) is 0 Å². The second-order valence-corrected chi connectivity index (χ2v) is 3.59. The molecule has 2 aromatic rings. The first kappa shape index (κ1) is 6.36. The quantitative estimate of drug-likeness (QED) is 0.671. The van der Waals surface area contributed by atoms with Crippen molar-refractivity contribution in [2.45, 2.75) is 0 Å². The molecular formula is C8H6NZr. The van der Waals surface area contributed by atoms with Gasteiger partial charge in [-0.2, -0.15) is 0 Å². The summed E-state index contributed by atoms with van der Waals surface area (Å²) in [6, 6.07) is 10.5. The van der Waals surface area contributed by atoms with E-state index in [1.807, 2.05) is 6.07 Å². The number of hydrogen-bond acceptors (Lipinski definition) is 0. The number of aromatic nitrogens is 1. The average Bonchev–Trinajstić information content (AvgIpc) is 2.27. The van der Waals surface area contributed by atoms with Gasteiger partial charge in [-0.3, -0.25) is 0 Å². The molecule has 10 heavy (non-hydrogen) atoms. The number of fused-ring (bicyclic) bond motifs is 1. The molecule has 1 nitrogen and oxygen atoms in total. The van der Waals surface area contributed by atoms with Crippen molar-refractivity contribution in [3.05, 3.63) is 30.3 Å². The Labute approximate surface area is 74.3 Å². The molecule has 0 aliphatic heterocycles. The van der Waals surface area contributed by atoms with Crippen LogP contribution >= 0.6 is 0 Å². The zero-order valence-electron chi connectivity index (χ0n) is 5.39. The molecule has 2 heteroatoms. The summed E-state index contributed by atoms with van der Waals surface area (Å²) in [6.45, 7) is 0. The molecule has 0 saturated carbocycles. The van der Waals surface area contributed by atoms with Gasteiger partial charge in [0.25, 0.3) is 0 Å². The first-order chi connectivity index (χ1) is 4.86. The Kier molecular flexibility index (Phi) is 1.50. The zero-order valence-corrected chi connectivity index (χ0v) is 7.84. The molecule has 0 radical (unpaired) electrons. The van der Waals surface area contributed by atoms with Crippen molar-refractivity contribution in [3.8, 4) is 0 Å². The second-order valence-electron chi connectivity index (χ2n) is 2.27. The van der Waals surface area contributed by atoms with Crippen LogP contribution in [-0.2, 0) is 24.7 Å². The van der Waals surface area contributed by atoms with E-state index in [-0.39, 0.29) is 0 Å². The van der Waals surface area contributed by atoms with Crippen molar-refractivity contribution in [2.24, 2.45) is 0 Å². The average molecular weight is 207 g/mol. The van der Waals surface area contributed by atoms with Gasteiger partial charge in [0, 0.05) is 0 Å². The number of para-hydroxylation sites is 1. The number of H-pyrrole nitrogens is 1. The maximum absolute atomic E-state index is 3.30. The van der Waals surface area contributed by atoms with E-state index in [2.05, 4.69) is 29.2 Å². The predicted molar refractivity (Wildman–Crippen MR) is 37.9 cm³/mol. The van der Waals surface area contributed by atoms with Gasteiger partial charge in [-0.25, -0.2) is 0 Å². The van der Waals surface area contributed by atoms with E-state index in [9.17, 15) is 0 Å². The van der Waals surface area contributed by atoms with E-state index in [1.54, 1.807) is 0 Å². The molecule has 0 aliphatic carbocycles. The molecule has 1 aromatic carbocycles. The molecule has 0 bridgehead atoms. The van der Waals surface area contributed by atoms with Gasteiger partial charge in [-0.05, 0) is 0 Å². The van der Waals surface area contributed by atoms with Gasteiger partial charge in [-0.1, -0.05) is 0 Å². The Hall–Kier alpha value is -0.357. The van der Waals surface area contributed by atoms with Crippen molar-refractivity contribution in [1.29, 1.82) is 0 Å². The number of aromatic amines is 1. The second kappa shape index (κ2) is 2.35. The molecule has 0 unspecified atom stereocenters. The van der Waals surface area contributed by atoms with Crippen LogP contribution in [0.25, 0.3) is 10.9 Å². The summed E-state index contributed by atoms with van der Waals surface area (Å²) in [4.78, 5) is 3.30. The van der Waals surface area contributed by atoms with Crippen molar-refractivity contribution in [3.63, 3.8) is 0 Å². The normalized spacial score (nSPS) is 10.3. The Bertz CT molecular complexity index is 318. The summed E-state index contributed by atoms with van der Waals surface area (Å²) >= 11 is 1.45. The monoisotopic (exact) mass is 206 g/mol. The Morgan fingerprint density at radius 1 is 1.20 bits per heavy atom. The molecule has 0 amide bonds. The molecule has 0 aliphatic rings. The minimum absolute atomic E-state index is 1.24. The van der Waals surface area contributed by atoms with Crippen molar-refractivity contribution >= 4 is 14.3 Å². The number of benzene rings is 1. The summed E-state index contributed by atoms with van der Waals surface area (Å²) in [5.41, 5.74) is 1.24. The summed E-state index contributed by atoms with van der Waals surface area (Å²) in [7, 11) is 0. The van der Waals surface area contributed by atoms with E-state index >= 15 is 0 Å². The molecule has 1 aromatic heterocycles. The van der Waals surface area contributed by atoms with Gasteiger partial charge >= 0.3 is 74.3 Å². The number of nitrogens with one attached hydrogen (secondary N) is 1. The first-order valence-corrected chi connectivity index (χ1v) is 4.38. The standard InChI is InChI=1S/C8H6N.Zr/c1-2-4-8-7(3-1)5-6-9-8;/h1-5,9H;. The molecule has 0 saturated heterocycles. The summed E-state index contributed by atoms with van der Waals surface area (Å²) in [5.74, 6) is 0. The topological polar surface area (TPSA) is 15.8 Å². The Morgan fingerprint density at radius 3 is 2.80 bits per heavy atom. The maximum atomic E-state index is 3.30. The van der Waals surface area contributed by atoms with E-state index in [0.717, 1.165) is 0 Å². The fraction of sp³-hybridized carbons (Fsp3) is 0. The third-order valence-corrected chi connectivity index (χ3v) is 2.19. The minimum atomic E-state index is 1.24. The van der Waals surface area contributed by atoms with Crippen molar-refractivity contribution < 1.29 is 24.7 Å². The molecule has 0 spiro atoms. The van der Waals surface area contributed by atoms with Crippen LogP contribution in [0.1, 0.15) is 0 Å². The molecule has 1 heterocycles. The fourth-order valence-corrected chi connectivity index (χ4v) is 1.79. The molecule has 0 fully saturated rings. The summed E-state index contributed by atoms with van der Waals surface area (Å²) < 4.78 is 1.31. The van der Waals surface area contributed by atoms with Gasteiger partial charge in [0.05, 0.1) is 0 Å². The molecule has 0 atom stereocenters. The number of rotatable bonds is 0. The van der Waals surface area contributed by atoms with Gasteiger partial charge < -0.3 is 0 Å². The van der Waals surface area contributed by atoms with E-state index in [4.69, 9.17) is 0 Å². The first-order valence-electron chi connectivity index (χ1n) is 3.15. The van der Waals surface area contributed by atoms with E-state index in [0.29, 0.717) is 0 Å². The van der Waals surface area contributed by atoms with Crippen LogP contribution < -0.4 is 3.40 Å². The molecule has 47 valence electrons. The van der Waals surface area contributed by atoms with Crippen LogP contribution in [0.5, 0.6) is 0 Å². The third-order valence-electron chi connectivity index (χ3n) is 1.53. The van der Waals surface area contributed by atoms with Gasteiger partial charge in [0.15, 0.2) is 0 Å². The zero-order chi connectivity index (χ0) is 6.97. The fourth-order valence-electron chi connectivity index (χ4n) is 1.07. The Balaban J connectivity index is 2.88. The van der Waals surface area contributed by atoms with E-state index in [1.165, 1.54) is 39.0 Å². The van der Waals surface area contributed by atoms with Crippen LogP contribution in [0.4, 0.5) is 0 Å². The van der Waals surface area contributed by atoms with Crippen molar-refractivity contribution in [2.75, 3.05) is 0 Å². The summed E-state index contributed by atoms with van der Waals surface area (Å²) in [6.07, 6.45) is 0. The van der Waals surface area contributed by atoms with E-state index < -0.39 is 0 Å². The van der Waals surface area contributed by atoms with Gasteiger partial charge in [0.1, 0.15) is 0 Å².